The highest BCUT2D eigenvalue weighted by Gasteiger charge is 2.13. The van der Waals surface area contributed by atoms with E-state index >= 15 is 0 Å². The van der Waals surface area contributed by atoms with Gasteiger partial charge in [-0.25, -0.2) is 4.79 Å². The quantitative estimate of drug-likeness (QED) is 0.526. The lowest BCUT2D eigenvalue weighted by molar-refractivity contribution is 0.303. The van der Waals surface area contributed by atoms with Gasteiger partial charge in [-0.1, -0.05) is 26.0 Å². The number of nitrogens with zero attached hydrogens (tertiary/aromatic N) is 1. The summed E-state index contributed by atoms with van der Waals surface area (Å²) in [6, 6.07) is 14.7. The van der Waals surface area contributed by atoms with Gasteiger partial charge >= 0.3 is 5.63 Å². The second kappa shape index (κ2) is 9.09. The van der Waals surface area contributed by atoms with E-state index < -0.39 is 0 Å². The minimum atomic E-state index is -0.383. The van der Waals surface area contributed by atoms with Crippen molar-refractivity contribution in [2.24, 2.45) is 0 Å². The molecule has 0 fully saturated rings. The van der Waals surface area contributed by atoms with E-state index in [4.69, 9.17) is 19.2 Å². The zero-order chi connectivity index (χ0) is 19.9. The maximum Gasteiger partial charge on any atom is 0.339 e. The lowest BCUT2D eigenvalue weighted by Gasteiger charge is -2.12. The summed E-state index contributed by atoms with van der Waals surface area (Å²) in [6.07, 6.45) is 2.18. The van der Waals surface area contributed by atoms with Crippen LogP contribution in [0.2, 0.25) is 0 Å². The van der Waals surface area contributed by atoms with Gasteiger partial charge in [0.15, 0.2) is 0 Å². The largest absolute Gasteiger partial charge is 0.493 e. The Kier molecular flexibility index (Phi) is 6.33. The summed E-state index contributed by atoms with van der Waals surface area (Å²) in [5.41, 5.74) is 2.13. The van der Waals surface area contributed by atoms with Gasteiger partial charge < -0.3 is 13.9 Å². The molecule has 2 aromatic carbocycles. The lowest BCUT2D eigenvalue weighted by atomic mass is 10.0. The number of benzene rings is 2. The molecule has 0 atom stereocenters. The Bertz CT molecular complexity index is 1050. The SMILES string of the molecule is CCCOc1cc(OCCC)c2cc(Cc3ccc(C#N)cc3)c(=O)oc2c1. The van der Waals surface area contributed by atoms with Crippen LogP contribution in [0.3, 0.4) is 0 Å². The van der Waals surface area contributed by atoms with Crippen LogP contribution in [-0.2, 0) is 6.42 Å². The molecule has 0 saturated carbocycles. The van der Waals surface area contributed by atoms with Gasteiger partial charge in [0.05, 0.1) is 30.2 Å². The highest BCUT2D eigenvalue weighted by molar-refractivity contribution is 5.85. The van der Waals surface area contributed by atoms with Crippen molar-refractivity contribution in [1.29, 1.82) is 5.26 Å². The highest BCUT2D eigenvalue weighted by atomic mass is 16.5. The average Bonchev–Trinajstić information content (AvgIpc) is 2.71. The molecular weight excluding hydrogens is 354 g/mol. The van der Waals surface area contributed by atoms with Crippen LogP contribution < -0.4 is 15.1 Å². The fourth-order valence-corrected chi connectivity index (χ4v) is 2.88. The van der Waals surface area contributed by atoms with Gasteiger partial charge in [-0.15, -0.1) is 0 Å². The second-order valence-electron chi connectivity index (χ2n) is 6.57. The van der Waals surface area contributed by atoms with Gasteiger partial charge in [0.1, 0.15) is 17.1 Å². The minimum Gasteiger partial charge on any atom is -0.493 e. The molecule has 0 bridgehead atoms. The summed E-state index contributed by atoms with van der Waals surface area (Å²) in [4.78, 5) is 12.5. The van der Waals surface area contributed by atoms with E-state index in [0.717, 1.165) is 23.8 Å². The fraction of sp³-hybridized carbons (Fsp3) is 0.304. The standard InChI is InChI=1S/C23H23NO4/c1-3-9-26-19-13-21(27-10-4-2)20-12-18(23(25)28-22(20)14-19)11-16-5-7-17(15-24)8-6-16/h5-8,12-14H,3-4,9-11H2,1-2H3. The van der Waals surface area contributed by atoms with Gasteiger partial charge in [0, 0.05) is 24.1 Å². The zero-order valence-corrected chi connectivity index (χ0v) is 16.2. The molecule has 0 aliphatic rings. The third-order valence-corrected chi connectivity index (χ3v) is 4.27. The maximum absolute atomic E-state index is 12.5. The van der Waals surface area contributed by atoms with Crippen LogP contribution in [-0.4, -0.2) is 13.2 Å². The van der Waals surface area contributed by atoms with Crippen LogP contribution in [0.5, 0.6) is 11.5 Å². The van der Waals surface area contributed by atoms with Crippen LogP contribution in [0.15, 0.2) is 51.7 Å². The smallest absolute Gasteiger partial charge is 0.339 e. The van der Waals surface area contributed by atoms with Crippen molar-refractivity contribution < 1.29 is 13.9 Å². The molecule has 0 amide bonds. The van der Waals surface area contributed by atoms with E-state index in [1.54, 1.807) is 18.2 Å². The molecule has 28 heavy (non-hydrogen) atoms. The van der Waals surface area contributed by atoms with Crippen molar-refractivity contribution in [3.63, 3.8) is 0 Å². The van der Waals surface area contributed by atoms with Gasteiger partial charge in [-0.3, -0.25) is 0 Å². The topological polar surface area (TPSA) is 72.5 Å². The van der Waals surface area contributed by atoms with Crippen molar-refractivity contribution in [3.05, 3.63) is 69.6 Å². The van der Waals surface area contributed by atoms with Crippen LogP contribution in [0.1, 0.15) is 43.4 Å². The van der Waals surface area contributed by atoms with Crippen molar-refractivity contribution in [3.8, 4) is 17.6 Å². The molecule has 0 saturated heterocycles. The number of hydrogen-bond acceptors (Lipinski definition) is 5. The summed E-state index contributed by atoms with van der Waals surface area (Å²) in [5, 5.41) is 9.67. The Hall–Kier alpha value is -3.26. The molecule has 0 unspecified atom stereocenters. The second-order valence-corrected chi connectivity index (χ2v) is 6.57. The van der Waals surface area contributed by atoms with Crippen molar-refractivity contribution in [1.82, 2.24) is 0 Å². The molecule has 3 aromatic rings. The van der Waals surface area contributed by atoms with E-state index in [2.05, 4.69) is 6.07 Å². The number of rotatable bonds is 8. The Morgan fingerprint density at radius 2 is 1.71 bits per heavy atom. The van der Waals surface area contributed by atoms with E-state index in [9.17, 15) is 4.79 Å². The molecule has 144 valence electrons. The predicted octanol–water partition coefficient (Wildman–Crippen LogP) is 4.83. The molecule has 1 aromatic heterocycles. The van der Waals surface area contributed by atoms with Crippen molar-refractivity contribution in [2.45, 2.75) is 33.1 Å². The third kappa shape index (κ3) is 4.52. The summed E-state index contributed by atoms with van der Waals surface area (Å²) in [5.74, 6) is 1.28. The average molecular weight is 377 g/mol. The first-order chi connectivity index (χ1) is 13.6. The molecule has 5 nitrogen and oxygen atoms in total. The highest BCUT2D eigenvalue weighted by Crippen LogP contribution is 2.32. The van der Waals surface area contributed by atoms with Crippen LogP contribution in [0.4, 0.5) is 0 Å². The van der Waals surface area contributed by atoms with Gasteiger partial charge in [0.2, 0.25) is 0 Å². The summed E-state index contributed by atoms with van der Waals surface area (Å²) < 4.78 is 17.2. The predicted molar refractivity (Wildman–Crippen MR) is 108 cm³/mol. The molecule has 0 radical (unpaired) electrons. The minimum absolute atomic E-state index is 0.383. The lowest BCUT2D eigenvalue weighted by Crippen LogP contribution is -2.08. The maximum atomic E-state index is 12.5. The van der Waals surface area contributed by atoms with E-state index in [-0.39, 0.29) is 5.63 Å². The summed E-state index contributed by atoms with van der Waals surface area (Å²) in [6.45, 7) is 5.22. The number of ether oxygens (including phenoxy) is 2. The Morgan fingerprint density at radius 3 is 2.39 bits per heavy atom. The van der Waals surface area contributed by atoms with Gasteiger partial charge in [0.25, 0.3) is 0 Å². The van der Waals surface area contributed by atoms with Crippen molar-refractivity contribution in [2.75, 3.05) is 13.2 Å². The molecule has 0 N–H and O–H groups in total. The van der Waals surface area contributed by atoms with Crippen LogP contribution >= 0.6 is 0 Å². The monoisotopic (exact) mass is 377 g/mol. The number of hydrogen-bond donors (Lipinski definition) is 0. The third-order valence-electron chi connectivity index (χ3n) is 4.27. The van der Waals surface area contributed by atoms with E-state index in [0.29, 0.717) is 47.8 Å². The summed E-state index contributed by atoms with van der Waals surface area (Å²) in [7, 11) is 0. The normalized spacial score (nSPS) is 10.6. The van der Waals surface area contributed by atoms with Gasteiger partial charge in [-0.05, 0) is 36.6 Å². The first-order valence-corrected chi connectivity index (χ1v) is 9.50. The van der Waals surface area contributed by atoms with Crippen molar-refractivity contribution >= 4 is 11.0 Å². The van der Waals surface area contributed by atoms with E-state index in [1.165, 1.54) is 0 Å². The van der Waals surface area contributed by atoms with Crippen LogP contribution in [0.25, 0.3) is 11.0 Å². The first kappa shape index (κ1) is 19.5. The Labute approximate surface area is 164 Å². The van der Waals surface area contributed by atoms with E-state index in [1.807, 2.05) is 38.1 Å². The zero-order valence-electron chi connectivity index (χ0n) is 16.2. The number of nitriles is 1. The Morgan fingerprint density at radius 1 is 1.00 bits per heavy atom. The fourth-order valence-electron chi connectivity index (χ4n) is 2.88. The summed E-state index contributed by atoms with van der Waals surface area (Å²) >= 11 is 0. The molecular formula is C23H23NO4. The molecule has 3 rings (SSSR count). The number of fused-ring (bicyclic) bond motifs is 1. The van der Waals surface area contributed by atoms with Crippen LogP contribution in [0, 0.1) is 11.3 Å². The molecule has 0 aliphatic heterocycles. The molecule has 1 heterocycles. The molecule has 0 spiro atoms. The first-order valence-electron chi connectivity index (χ1n) is 9.50. The Balaban J connectivity index is 2.01. The van der Waals surface area contributed by atoms with Gasteiger partial charge in [-0.2, -0.15) is 5.26 Å². The molecule has 5 heteroatoms. The molecule has 0 aliphatic carbocycles.